The van der Waals surface area contributed by atoms with Crippen LogP contribution in [0.2, 0.25) is 0 Å². The van der Waals surface area contributed by atoms with Crippen LogP contribution in [0.1, 0.15) is 12.2 Å². The maximum atomic E-state index is 12.1. The fourth-order valence-electron chi connectivity index (χ4n) is 3.04. The molecule has 0 atom stereocenters. The van der Waals surface area contributed by atoms with Gasteiger partial charge in [-0.3, -0.25) is 9.59 Å². The molecule has 8 nitrogen and oxygen atoms in total. The van der Waals surface area contributed by atoms with Crippen molar-refractivity contribution in [2.24, 2.45) is 0 Å². The monoisotopic (exact) mass is 378 g/mol. The Balaban J connectivity index is 1.37. The highest BCUT2D eigenvalue weighted by atomic mass is 16.5. The third kappa shape index (κ3) is 3.57. The number of nitrogens with zero attached hydrogens (tertiary/aromatic N) is 3. The first-order chi connectivity index (χ1) is 13.6. The van der Waals surface area contributed by atoms with Crippen LogP contribution >= 0.6 is 0 Å². The van der Waals surface area contributed by atoms with Crippen LogP contribution in [-0.2, 0) is 20.9 Å². The fourth-order valence-corrected chi connectivity index (χ4v) is 3.04. The number of hydrogen-bond acceptors (Lipinski definition) is 7. The van der Waals surface area contributed by atoms with Crippen LogP contribution < -0.4 is 15.4 Å². The molecule has 28 heavy (non-hydrogen) atoms. The van der Waals surface area contributed by atoms with Crippen LogP contribution in [0.4, 0.5) is 11.5 Å². The van der Waals surface area contributed by atoms with Gasteiger partial charge >= 0.3 is 5.97 Å². The summed E-state index contributed by atoms with van der Waals surface area (Å²) in [5, 5.41) is 0.752. The third-order valence-corrected chi connectivity index (χ3v) is 4.39. The summed E-state index contributed by atoms with van der Waals surface area (Å²) in [4.78, 5) is 34.3. The molecule has 0 saturated heterocycles. The van der Waals surface area contributed by atoms with Gasteiger partial charge in [-0.05, 0) is 24.3 Å². The first kappa shape index (κ1) is 17.7. The van der Waals surface area contributed by atoms with E-state index < -0.39 is 5.97 Å². The molecule has 4 rings (SSSR count). The molecule has 142 valence electrons. The minimum absolute atomic E-state index is 0.0448. The third-order valence-electron chi connectivity index (χ3n) is 4.39. The molecule has 8 heteroatoms. The highest BCUT2D eigenvalue weighted by Gasteiger charge is 2.25. The predicted octanol–water partition coefficient (Wildman–Crippen LogP) is 2.07. The van der Waals surface area contributed by atoms with Crippen LogP contribution in [0.15, 0.2) is 48.5 Å². The van der Waals surface area contributed by atoms with E-state index in [9.17, 15) is 9.59 Å². The molecule has 0 bridgehead atoms. The zero-order valence-electron chi connectivity index (χ0n) is 15.0. The van der Waals surface area contributed by atoms with Crippen molar-refractivity contribution in [2.45, 2.75) is 13.0 Å². The van der Waals surface area contributed by atoms with Crippen molar-refractivity contribution in [1.29, 1.82) is 0 Å². The first-order valence-electron chi connectivity index (χ1n) is 8.81. The summed E-state index contributed by atoms with van der Waals surface area (Å²) in [6, 6.07) is 14.6. The van der Waals surface area contributed by atoms with Crippen molar-refractivity contribution >= 4 is 34.3 Å². The molecule has 0 fully saturated rings. The van der Waals surface area contributed by atoms with Crippen LogP contribution in [0.5, 0.6) is 5.75 Å². The van der Waals surface area contributed by atoms with Gasteiger partial charge < -0.3 is 20.1 Å². The topological polar surface area (TPSA) is 108 Å². The van der Waals surface area contributed by atoms with E-state index in [0.29, 0.717) is 28.6 Å². The Morgan fingerprint density at radius 1 is 1.14 bits per heavy atom. The summed E-state index contributed by atoms with van der Waals surface area (Å²) in [6.45, 7) is 0.0799. The fraction of sp³-hybridized carbons (Fsp3) is 0.200. The van der Waals surface area contributed by atoms with E-state index in [1.54, 1.807) is 12.1 Å². The standard InChI is InChI=1S/C20H18N4O4/c21-20-13-5-1-2-6-14(13)22-17(23-20)11-28-19(26)9-10-24-15-7-3-4-8-16(15)27-12-18(24)25/h1-8H,9-12H2,(H2,21,22,23). The van der Waals surface area contributed by atoms with E-state index in [1.165, 1.54) is 4.90 Å². The van der Waals surface area contributed by atoms with E-state index in [4.69, 9.17) is 15.2 Å². The zero-order chi connectivity index (χ0) is 19.5. The Hall–Kier alpha value is -3.68. The first-order valence-corrected chi connectivity index (χ1v) is 8.81. The number of benzene rings is 2. The number of aromatic nitrogens is 2. The molecule has 1 aliphatic heterocycles. The van der Waals surface area contributed by atoms with Gasteiger partial charge in [0.05, 0.1) is 17.6 Å². The molecule has 0 aliphatic carbocycles. The molecule has 0 spiro atoms. The molecule has 1 aromatic heterocycles. The Kier molecular flexibility index (Phi) is 4.76. The number of para-hydroxylation sites is 3. The van der Waals surface area contributed by atoms with E-state index in [0.717, 1.165) is 5.39 Å². The molecule has 1 aliphatic rings. The van der Waals surface area contributed by atoms with E-state index in [-0.39, 0.29) is 32.1 Å². The lowest BCUT2D eigenvalue weighted by Crippen LogP contribution is -2.40. The van der Waals surface area contributed by atoms with Crippen molar-refractivity contribution in [3.8, 4) is 5.75 Å². The lowest BCUT2D eigenvalue weighted by atomic mass is 10.2. The summed E-state index contributed by atoms with van der Waals surface area (Å²) in [5.41, 5.74) is 7.27. The Morgan fingerprint density at radius 2 is 1.93 bits per heavy atom. The average molecular weight is 378 g/mol. The van der Waals surface area contributed by atoms with Gasteiger partial charge in [0.25, 0.3) is 5.91 Å². The number of esters is 1. The number of nitrogens with two attached hydrogens (primary N) is 1. The maximum Gasteiger partial charge on any atom is 0.308 e. The normalized spacial score (nSPS) is 13.1. The van der Waals surface area contributed by atoms with Crippen molar-refractivity contribution in [3.63, 3.8) is 0 Å². The number of hydrogen-bond donors (Lipinski definition) is 1. The van der Waals surface area contributed by atoms with Crippen LogP contribution in [0.25, 0.3) is 10.9 Å². The summed E-state index contributed by atoms with van der Waals surface area (Å²) in [5.74, 6) is 0.643. The molecule has 2 aromatic carbocycles. The number of carbonyl (C=O) groups is 2. The second-order valence-corrected chi connectivity index (χ2v) is 6.25. The largest absolute Gasteiger partial charge is 0.482 e. The molecule has 3 aromatic rings. The SMILES string of the molecule is Nc1nc(COC(=O)CCN2C(=O)COc3ccccc32)nc2ccccc12. The quantitative estimate of drug-likeness (QED) is 0.677. The zero-order valence-corrected chi connectivity index (χ0v) is 15.0. The highest BCUT2D eigenvalue weighted by Crippen LogP contribution is 2.31. The highest BCUT2D eigenvalue weighted by molar-refractivity contribution is 5.98. The summed E-state index contributed by atoms with van der Waals surface area (Å²) >= 11 is 0. The molecule has 0 unspecified atom stereocenters. The Labute approximate surface area is 160 Å². The lowest BCUT2D eigenvalue weighted by molar-refractivity contribution is -0.145. The van der Waals surface area contributed by atoms with Gasteiger partial charge in [0.1, 0.15) is 11.6 Å². The van der Waals surface area contributed by atoms with Gasteiger partial charge in [0.2, 0.25) is 0 Å². The Morgan fingerprint density at radius 3 is 2.82 bits per heavy atom. The van der Waals surface area contributed by atoms with E-state index >= 15 is 0 Å². The summed E-state index contributed by atoms with van der Waals surface area (Å²) in [7, 11) is 0. The Bertz CT molecular complexity index is 1050. The number of rotatable bonds is 5. The molecular weight excluding hydrogens is 360 g/mol. The number of fused-ring (bicyclic) bond motifs is 2. The van der Waals surface area contributed by atoms with Gasteiger partial charge in [0.15, 0.2) is 19.0 Å². The lowest BCUT2D eigenvalue weighted by Gasteiger charge is -2.28. The molecule has 2 heterocycles. The second kappa shape index (κ2) is 7.51. The molecule has 0 saturated carbocycles. The number of anilines is 2. The number of nitrogen functional groups attached to an aromatic ring is 1. The maximum absolute atomic E-state index is 12.1. The molecule has 2 N–H and O–H groups in total. The number of carbonyl (C=O) groups excluding carboxylic acids is 2. The van der Waals surface area contributed by atoms with Crippen LogP contribution in [0.3, 0.4) is 0 Å². The predicted molar refractivity (Wildman–Crippen MR) is 103 cm³/mol. The van der Waals surface area contributed by atoms with E-state index in [1.807, 2.05) is 36.4 Å². The van der Waals surface area contributed by atoms with Crippen molar-refractivity contribution in [3.05, 3.63) is 54.4 Å². The van der Waals surface area contributed by atoms with Gasteiger partial charge in [-0.25, -0.2) is 9.97 Å². The summed E-state index contributed by atoms with van der Waals surface area (Å²) < 4.78 is 10.6. The van der Waals surface area contributed by atoms with E-state index in [2.05, 4.69) is 9.97 Å². The van der Waals surface area contributed by atoms with Crippen molar-refractivity contribution in [2.75, 3.05) is 23.8 Å². The molecular formula is C20H18N4O4. The van der Waals surface area contributed by atoms with Gasteiger partial charge in [-0.2, -0.15) is 0 Å². The minimum atomic E-state index is -0.452. The second-order valence-electron chi connectivity index (χ2n) is 6.25. The molecule has 1 amide bonds. The smallest absolute Gasteiger partial charge is 0.308 e. The van der Waals surface area contributed by atoms with Gasteiger partial charge in [0, 0.05) is 11.9 Å². The van der Waals surface area contributed by atoms with Crippen molar-refractivity contribution < 1.29 is 19.1 Å². The van der Waals surface area contributed by atoms with Crippen molar-refractivity contribution in [1.82, 2.24) is 9.97 Å². The number of ether oxygens (including phenoxy) is 2. The van der Waals surface area contributed by atoms with Gasteiger partial charge in [-0.1, -0.05) is 24.3 Å². The van der Waals surface area contributed by atoms with Crippen LogP contribution in [-0.4, -0.2) is 35.0 Å². The van der Waals surface area contributed by atoms with Gasteiger partial charge in [-0.15, -0.1) is 0 Å². The average Bonchev–Trinajstić information content (AvgIpc) is 2.71. The number of amides is 1. The minimum Gasteiger partial charge on any atom is -0.482 e. The van der Waals surface area contributed by atoms with Crippen LogP contribution in [0, 0.1) is 0 Å². The summed E-state index contributed by atoms with van der Waals surface area (Å²) in [6.07, 6.45) is 0.0448. The molecule has 0 radical (unpaired) electrons.